The van der Waals surface area contributed by atoms with E-state index in [0.717, 1.165) is 6.42 Å². The van der Waals surface area contributed by atoms with Crippen molar-refractivity contribution in [3.05, 3.63) is 0 Å². The van der Waals surface area contributed by atoms with Gasteiger partial charge < -0.3 is 0 Å². The second-order valence-corrected chi connectivity index (χ2v) is 1.98. The van der Waals surface area contributed by atoms with Crippen molar-refractivity contribution in [2.45, 2.75) is 25.1 Å². The summed E-state index contributed by atoms with van der Waals surface area (Å²) in [6.45, 7) is 1.97. The molecule has 1 nitrogen and oxygen atoms in total. The molecule has 0 aromatic heterocycles. The molecule has 0 fully saturated rings. The van der Waals surface area contributed by atoms with E-state index in [1.165, 1.54) is 0 Å². The largest absolute Gasteiger partial charge is 0.198 e. The van der Waals surface area contributed by atoms with Crippen LogP contribution in [0.5, 0.6) is 0 Å². The summed E-state index contributed by atoms with van der Waals surface area (Å²) in [5.74, 6) is 0. The van der Waals surface area contributed by atoms with Crippen molar-refractivity contribution in [1.29, 1.82) is 5.26 Å². The molecule has 0 aromatic rings. The average Bonchev–Trinajstić information content (AvgIpc) is 1.68. The third-order valence-electron chi connectivity index (χ3n) is 0.756. The molecule has 1 atom stereocenters. The third kappa shape index (κ3) is 3.61. The van der Waals surface area contributed by atoms with E-state index in [-0.39, 0.29) is 5.38 Å². The fourth-order valence-electron chi connectivity index (χ4n) is 0.243. The fourth-order valence-corrected chi connectivity index (χ4v) is 0.312. The number of hydrogen-bond acceptors (Lipinski definition) is 1. The monoisotopic (exact) mass is 117 g/mol. The second-order valence-electron chi connectivity index (χ2n) is 1.37. The van der Waals surface area contributed by atoms with E-state index in [4.69, 9.17) is 16.9 Å². The fraction of sp³-hybridized carbons (Fsp3) is 0.800. The summed E-state index contributed by atoms with van der Waals surface area (Å²) in [7, 11) is 0. The van der Waals surface area contributed by atoms with Crippen molar-refractivity contribution < 1.29 is 0 Å². The highest BCUT2D eigenvalue weighted by Gasteiger charge is 1.96. The maximum absolute atomic E-state index is 8.03. The van der Waals surface area contributed by atoms with Gasteiger partial charge in [-0.3, -0.25) is 0 Å². The minimum Gasteiger partial charge on any atom is -0.198 e. The SMILES string of the molecule is CCC(Cl)CC#N. The number of nitrogens with zero attached hydrogens (tertiary/aromatic N) is 1. The molecule has 0 saturated heterocycles. The molecule has 0 aliphatic carbocycles. The Bertz CT molecular complexity index is 74.6. The lowest BCUT2D eigenvalue weighted by molar-refractivity contribution is 0.832. The Morgan fingerprint density at radius 2 is 2.43 bits per heavy atom. The van der Waals surface area contributed by atoms with Gasteiger partial charge in [-0.05, 0) is 6.42 Å². The highest BCUT2D eigenvalue weighted by Crippen LogP contribution is 2.03. The molecule has 0 aromatic carbocycles. The lowest BCUT2D eigenvalue weighted by atomic mass is 10.3. The highest BCUT2D eigenvalue weighted by molar-refractivity contribution is 6.20. The molecule has 0 saturated carbocycles. The Morgan fingerprint density at radius 1 is 1.86 bits per heavy atom. The number of rotatable bonds is 2. The van der Waals surface area contributed by atoms with Crippen molar-refractivity contribution in [3.63, 3.8) is 0 Å². The van der Waals surface area contributed by atoms with Gasteiger partial charge in [0, 0.05) is 5.38 Å². The molecule has 40 valence electrons. The Morgan fingerprint density at radius 3 is 2.57 bits per heavy atom. The minimum absolute atomic E-state index is 0.0602. The summed E-state index contributed by atoms with van der Waals surface area (Å²) in [4.78, 5) is 0. The van der Waals surface area contributed by atoms with Gasteiger partial charge in [0.15, 0.2) is 0 Å². The smallest absolute Gasteiger partial charge is 0.0637 e. The molecular weight excluding hydrogens is 110 g/mol. The van der Waals surface area contributed by atoms with Gasteiger partial charge in [-0.25, -0.2) is 0 Å². The number of hydrogen-bond donors (Lipinski definition) is 0. The molecule has 0 aliphatic rings. The van der Waals surface area contributed by atoms with Crippen molar-refractivity contribution in [1.82, 2.24) is 0 Å². The van der Waals surface area contributed by atoms with Gasteiger partial charge in [0.05, 0.1) is 12.5 Å². The first-order valence-electron chi connectivity index (χ1n) is 2.32. The van der Waals surface area contributed by atoms with Crippen molar-refractivity contribution in [3.8, 4) is 6.07 Å². The second kappa shape index (κ2) is 3.95. The molecule has 0 spiro atoms. The van der Waals surface area contributed by atoms with Gasteiger partial charge in [-0.2, -0.15) is 5.26 Å². The summed E-state index contributed by atoms with van der Waals surface area (Å²) in [6, 6.07) is 1.99. The maximum atomic E-state index is 8.03. The summed E-state index contributed by atoms with van der Waals surface area (Å²) >= 11 is 5.54. The molecule has 0 bridgehead atoms. The first kappa shape index (κ1) is 6.78. The van der Waals surface area contributed by atoms with Crippen LogP contribution in [0.15, 0.2) is 0 Å². The number of alkyl halides is 1. The normalized spacial score (nSPS) is 12.7. The van der Waals surface area contributed by atoms with E-state index >= 15 is 0 Å². The molecule has 1 unspecified atom stereocenters. The molecule has 0 amide bonds. The van der Waals surface area contributed by atoms with Crippen LogP contribution in [0.4, 0.5) is 0 Å². The minimum atomic E-state index is 0.0602. The van der Waals surface area contributed by atoms with Crippen LogP contribution in [0.25, 0.3) is 0 Å². The lowest BCUT2D eigenvalue weighted by Gasteiger charge is -1.93. The average molecular weight is 118 g/mol. The summed E-state index contributed by atoms with van der Waals surface area (Å²) < 4.78 is 0. The molecule has 7 heavy (non-hydrogen) atoms. The summed E-state index contributed by atoms with van der Waals surface area (Å²) in [6.07, 6.45) is 1.35. The van der Waals surface area contributed by atoms with Gasteiger partial charge in [0.2, 0.25) is 0 Å². The molecule has 2 heteroatoms. The first-order valence-corrected chi connectivity index (χ1v) is 2.76. The number of halogens is 1. The van der Waals surface area contributed by atoms with E-state index in [9.17, 15) is 0 Å². The predicted octanol–water partition coefficient (Wildman–Crippen LogP) is 1.92. The van der Waals surface area contributed by atoms with E-state index in [0.29, 0.717) is 6.42 Å². The van der Waals surface area contributed by atoms with Crippen LogP contribution in [0.3, 0.4) is 0 Å². The van der Waals surface area contributed by atoms with Gasteiger partial charge >= 0.3 is 0 Å². The van der Waals surface area contributed by atoms with Gasteiger partial charge in [0.25, 0.3) is 0 Å². The number of nitriles is 1. The quantitative estimate of drug-likeness (QED) is 0.507. The Balaban J connectivity index is 3.03. The van der Waals surface area contributed by atoms with Crippen LogP contribution >= 0.6 is 11.6 Å². The Kier molecular flexibility index (Phi) is 3.83. The highest BCUT2D eigenvalue weighted by atomic mass is 35.5. The standard InChI is InChI=1S/C5H8ClN/c1-2-5(6)3-4-7/h5H,2-3H2,1H3. The van der Waals surface area contributed by atoms with Crippen LogP contribution in [0.2, 0.25) is 0 Å². The van der Waals surface area contributed by atoms with Crippen molar-refractivity contribution in [2.75, 3.05) is 0 Å². The van der Waals surface area contributed by atoms with Gasteiger partial charge in [-0.1, -0.05) is 6.92 Å². The first-order chi connectivity index (χ1) is 3.31. The zero-order valence-electron chi connectivity index (χ0n) is 4.32. The van der Waals surface area contributed by atoms with E-state index in [2.05, 4.69) is 0 Å². The van der Waals surface area contributed by atoms with Crippen LogP contribution in [-0.2, 0) is 0 Å². The topological polar surface area (TPSA) is 23.8 Å². The molecular formula is C5H8ClN. The third-order valence-corrected chi connectivity index (χ3v) is 1.22. The Hall–Kier alpha value is -0.220. The lowest BCUT2D eigenvalue weighted by Crippen LogP contribution is -1.91. The molecule has 0 aliphatic heterocycles. The molecule has 0 radical (unpaired) electrons. The van der Waals surface area contributed by atoms with E-state index in [1.807, 2.05) is 13.0 Å². The van der Waals surface area contributed by atoms with Crippen LogP contribution in [0.1, 0.15) is 19.8 Å². The summed E-state index contributed by atoms with van der Waals surface area (Å²) in [5, 5.41) is 8.09. The Labute approximate surface area is 48.9 Å². The molecule has 0 heterocycles. The summed E-state index contributed by atoms with van der Waals surface area (Å²) in [5.41, 5.74) is 0. The zero-order valence-corrected chi connectivity index (χ0v) is 5.07. The van der Waals surface area contributed by atoms with Crippen LogP contribution < -0.4 is 0 Å². The predicted molar refractivity (Wildman–Crippen MR) is 30.2 cm³/mol. The maximum Gasteiger partial charge on any atom is 0.0637 e. The molecule has 0 N–H and O–H groups in total. The van der Waals surface area contributed by atoms with Gasteiger partial charge in [-0.15, -0.1) is 11.6 Å². The molecule has 0 rings (SSSR count). The zero-order chi connectivity index (χ0) is 5.70. The van der Waals surface area contributed by atoms with E-state index in [1.54, 1.807) is 0 Å². The van der Waals surface area contributed by atoms with Gasteiger partial charge in [0.1, 0.15) is 0 Å². The van der Waals surface area contributed by atoms with Crippen LogP contribution in [0, 0.1) is 11.3 Å². The van der Waals surface area contributed by atoms with Crippen molar-refractivity contribution >= 4 is 11.6 Å². The van der Waals surface area contributed by atoms with Crippen molar-refractivity contribution in [2.24, 2.45) is 0 Å². The van der Waals surface area contributed by atoms with Crippen LogP contribution in [-0.4, -0.2) is 5.38 Å². The van der Waals surface area contributed by atoms with E-state index < -0.39 is 0 Å².